The van der Waals surface area contributed by atoms with E-state index in [1.165, 1.54) is 12.8 Å². The molecule has 4 nitrogen and oxygen atoms in total. The van der Waals surface area contributed by atoms with Crippen LogP contribution in [0.5, 0.6) is 5.75 Å². The second-order valence-corrected chi connectivity index (χ2v) is 8.53. The van der Waals surface area contributed by atoms with E-state index in [-0.39, 0.29) is 34.3 Å². The molecule has 6 heteroatoms. The van der Waals surface area contributed by atoms with Gasteiger partial charge in [0.15, 0.2) is 5.78 Å². The van der Waals surface area contributed by atoms with E-state index in [1.807, 2.05) is 6.07 Å². The number of aliphatic carboxylic acids is 1. The van der Waals surface area contributed by atoms with Crippen molar-refractivity contribution in [3.8, 4) is 5.75 Å². The Hall–Kier alpha value is -1.26. The first-order valence-electron chi connectivity index (χ1n) is 9.81. The Morgan fingerprint density at radius 3 is 2.63 bits per heavy atom. The molecule has 1 aromatic rings. The topological polar surface area (TPSA) is 63.6 Å². The van der Waals surface area contributed by atoms with Crippen LogP contribution >= 0.6 is 23.2 Å². The molecule has 2 aliphatic carbocycles. The molecule has 0 radical (unpaired) electrons. The minimum atomic E-state index is -0.858. The van der Waals surface area contributed by atoms with Crippen LogP contribution in [-0.2, 0) is 11.2 Å². The molecule has 1 atom stereocenters. The number of hydrogen-bond donors (Lipinski definition) is 1. The van der Waals surface area contributed by atoms with Crippen LogP contribution in [0.2, 0.25) is 10.0 Å². The zero-order valence-corrected chi connectivity index (χ0v) is 17.2. The standard InChI is InChI=1S/C21H26Cl2O4/c1-2-9-21(14-6-3-4-7-14)12-13-11-15(27-10-5-8-16(24)25)18(22)19(23)17(13)20(21)26/h11,14H,2-10,12H2,1H3,(H,24,25). The highest BCUT2D eigenvalue weighted by Crippen LogP contribution is 2.54. The summed E-state index contributed by atoms with van der Waals surface area (Å²) in [5, 5.41) is 9.27. The van der Waals surface area contributed by atoms with Crippen molar-refractivity contribution in [3.05, 3.63) is 27.2 Å². The minimum Gasteiger partial charge on any atom is -0.492 e. The highest BCUT2D eigenvalue weighted by Gasteiger charge is 2.51. The molecule has 1 fully saturated rings. The number of carboxylic acid groups (broad SMARTS) is 1. The number of fused-ring (bicyclic) bond motifs is 1. The molecule has 0 saturated heterocycles. The molecule has 0 bridgehead atoms. The molecule has 0 spiro atoms. The minimum absolute atomic E-state index is 0.0378. The monoisotopic (exact) mass is 412 g/mol. The van der Waals surface area contributed by atoms with Crippen molar-refractivity contribution < 1.29 is 19.4 Å². The third kappa shape index (κ3) is 3.84. The van der Waals surface area contributed by atoms with Crippen LogP contribution in [0, 0.1) is 11.3 Å². The third-order valence-electron chi connectivity index (χ3n) is 6.07. The number of carboxylic acids is 1. The number of ether oxygens (including phenoxy) is 1. The van der Waals surface area contributed by atoms with Gasteiger partial charge in [0.05, 0.1) is 11.6 Å². The van der Waals surface area contributed by atoms with Crippen molar-refractivity contribution >= 4 is 35.0 Å². The van der Waals surface area contributed by atoms with E-state index >= 15 is 0 Å². The molecular formula is C21H26Cl2O4. The summed E-state index contributed by atoms with van der Waals surface area (Å²) in [5.74, 6) is 0.142. The fourth-order valence-electron chi connectivity index (χ4n) is 4.88. The Bertz CT molecular complexity index is 740. The highest BCUT2D eigenvalue weighted by molar-refractivity contribution is 6.45. The normalized spacial score (nSPS) is 22.3. The fraction of sp³-hybridized carbons (Fsp3) is 0.619. The second-order valence-electron chi connectivity index (χ2n) is 7.78. The number of hydrogen-bond acceptors (Lipinski definition) is 3. The molecule has 148 valence electrons. The zero-order valence-electron chi connectivity index (χ0n) is 15.7. The number of ketones is 1. The number of benzene rings is 1. The molecule has 0 amide bonds. The van der Waals surface area contributed by atoms with Gasteiger partial charge in [-0.05, 0) is 49.7 Å². The molecule has 1 saturated carbocycles. The Morgan fingerprint density at radius 2 is 2.00 bits per heavy atom. The van der Waals surface area contributed by atoms with E-state index < -0.39 is 5.97 Å². The maximum absolute atomic E-state index is 13.5. The number of Topliss-reactive ketones (excluding diaryl/α,β-unsaturated/α-hetero) is 1. The summed E-state index contributed by atoms with van der Waals surface area (Å²) in [6.45, 7) is 2.37. The number of rotatable bonds is 8. The van der Waals surface area contributed by atoms with Crippen LogP contribution in [0.25, 0.3) is 0 Å². The molecule has 1 unspecified atom stereocenters. The summed E-state index contributed by atoms with van der Waals surface area (Å²) in [6.07, 6.45) is 7.53. The molecule has 0 aromatic heterocycles. The average Bonchev–Trinajstić information content (AvgIpc) is 3.24. The molecule has 1 aromatic carbocycles. The van der Waals surface area contributed by atoms with Gasteiger partial charge in [-0.2, -0.15) is 0 Å². The van der Waals surface area contributed by atoms with E-state index in [2.05, 4.69) is 6.92 Å². The lowest BCUT2D eigenvalue weighted by Crippen LogP contribution is -2.35. The van der Waals surface area contributed by atoms with Gasteiger partial charge >= 0.3 is 5.97 Å². The largest absolute Gasteiger partial charge is 0.492 e. The Balaban J connectivity index is 1.88. The summed E-state index contributed by atoms with van der Waals surface area (Å²) in [4.78, 5) is 24.1. The van der Waals surface area contributed by atoms with E-state index in [9.17, 15) is 9.59 Å². The molecular weight excluding hydrogens is 387 g/mol. The van der Waals surface area contributed by atoms with Crippen LogP contribution in [0.4, 0.5) is 0 Å². The Morgan fingerprint density at radius 1 is 1.30 bits per heavy atom. The van der Waals surface area contributed by atoms with E-state index in [4.69, 9.17) is 33.0 Å². The molecule has 0 aliphatic heterocycles. The van der Waals surface area contributed by atoms with Gasteiger partial charge in [0, 0.05) is 17.4 Å². The molecule has 27 heavy (non-hydrogen) atoms. The first-order chi connectivity index (χ1) is 12.9. The maximum atomic E-state index is 13.5. The van der Waals surface area contributed by atoms with Gasteiger partial charge in [0.2, 0.25) is 0 Å². The van der Waals surface area contributed by atoms with Crippen molar-refractivity contribution in [2.24, 2.45) is 11.3 Å². The summed E-state index contributed by atoms with van der Waals surface area (Å²) < 4.78 is 5.69. The van der Waals surface area contributed by atoms with E-state index in [0.29, 0.717) is 30.1 Å². The second kappa shape index (κ2) is 8.40. The van der Waals surface area contributed by atoms with Gasteiger partial charge < -0.3 is 9.84 Å². The van der Waals surface area contributed by atoms with Crippen LogP contribution < -0.4 is 4.74 Å². The van der Waals surface area contributed by atoms with Crippen LogP contribution in [0.15, 0.2) is 6.07 Å². The van der Waals surface area contributed by atoms with Gasteiger partial charge in [-0.15, -0.1) is 0 Å². The quantitative estimate of drug-likeness (QED) is 0.535. The van der Waals surface area contributed by atoms with Gasteiger partial charge in [0.25, 0.3) is 0 Å². The first kappa shape index (κ1) is 20.5. The van der Waals surface area contributed by atoms with Crippen LogP contribution in [-0.4, -0.2) is 23.5 Å². The summed E-state index contributed by atoms with van der Waals surface area (Å²) >= 11 is 12.9. The van der Waals surface area contributed by atoms with Crippen LogP contribution in [0.3, 0.4) is 0 Å². The average molecular weight is 413 g/mol. The molecule has 0 heterocycles. The lowest BCUT2D eigenvalue weighted by molar-refractivity contribution is -0.137. The Kier molecular flexibility index (Phi) is 6.37. The number of carbonyl (C=O) groups excluding carboxylic acids is 1. The number of carbonyl (C=O) groups is 2. The number of halogens is 2. The van der Waals surface area contributed by atoms with E-state index in [1.54, 1.807) is 0 Å². The predicted octanol–water partition coefficient (Wildman–Crippen LogP) is 5.95. The first-order valence-corrected chi connectivity index (χ1v) is 10.6. The summed E-state index contributed by atoms with van der Waals surface area (Å²) in [6, 6.07) is 1.84. The van der Waals surface area contributed by atoms with Crippen molar-refractivity contribution in [3.63, 3.8) is 0 Å². The molecule has 1 N–H and O–H groups in total. The van der Waals surface area contributed by atoms with Gasteiger partial charge in [-0.3, -0.25) is 9.59 Å². The molecule has 2 aliphatic rings. The molecule has 3 rings (SSSR count). The van der Waals surface area contributed by atoms with Crippen molar-refractivity contribution in [1.82, 2.24) is 0 Å². The fourth-order valence-corrected chi connectivity index (χ4v) is 5.38. The van der Waals surface area contributed by atoms with Crippen molar-refractivity contribution in [1.29, 1.82) is 0 Å². The smallest absolute Gasteiger partial charge is 0.303 e. The SMILES string of the molecule is CCCC1(C2CCCC2)Cc2cc(OCCCC(=O)O)c(Cl)c(Cl)c2C1=O. The zero-order chi connectivity index (χ0) is 19.6. The predicted molar refractivity (Wildman–Crippen MR) is 106 cm³/mol. The van der Waals surface area contributed by atoms with Gasteiger partial charge in [0.1, 0.15) is 10.8 Å². The summed E-state index contributed by atoms with van der Waals surface area (Å²) in [5.41, 5.74) is 1.13. The lowest BCUT2D eigenvalue weighted by Gasteiger charge is -2.33. The third-order valence-corrected chi connectivity index (χ3v) is 6.92. The van der Waals surface area contributed by atoms with Gasteiger partial charge in [-0.1, -0.05) is 49.4 Å². The summed E-state index contributed by atoms with van der Waals surface area (Å²) in [7, 11) is 0. The van der Waals surface area contributed by atoms with E-state index in [0.717, 1.165) is 31.2 Å². The van der Waals surface area contributed by atoms with Crippen LogP contribution in [0.1, 0.15) is 74.2 Å². The highest BCUT2D eigenvalue weighted by atomic mass is 35.5. The lowest BCUT2D eigenvalue weighted by atomic mass is 9.68. The Labute approximate surface area is 170 Å². The maximum Gasteiger partial charge on any atom is 0.303 e. The van der Waals surface area contributed by atoms with Gasteiger partial charge in [-0.25, -0.2) is 0 Å². The van der Waals surface area contributed by atoms with Crippen molar-refractivity contribution in [2.45, 2.75) is 64.7 Å². The van der Waals surface area contributed by atoms with Crippen molar-refractivity contribution in [2.75, 3.05) is 6.61 Å².